The molecule has 1 aromatic carbocycles. The van der Waals surface area contributed by atoms with Gasteiger partial charge in [-0.05, 0) is 44.6 Å². The van der Waals surface area contributed by atoms with Crippen LogP contribution in [0.5, 0.6) is 0 Å². The lowest BCUT2D eigenvalue weighted by Crippen LogP contribution is -2.33. The van der Waals surface area contributed by atoms with Crippen LogP contribution in [0.3, 0.4) is 0 Å². The molecule has 0 amide bonds. The third kappa shape index (κ3) is 4.07. The zero-order valence-electron chi connectivity index (χ0n) is 13.6. The van der Waals surface area contributed by atoms with E-state index in [1.807, 2.05) is 0 Å². The van der Waals surface area contributed by atoms with E-state index in [2.05, 4.69) is 45.9 Å². The van der Waals surface area contributed by atoms with Gasteiger partial charge in [0.1, 0.15) is 0 Å². The second-order valence-corrected chi connectivity index (χ2v) is 8.73. The quantitative estimate of drug-likeness (QED) is 0.829. The van der Waals surface area contributed by atoms with E-state index < -0.39 is 10.0 Å². The normalized spacial score (nSPS) is 20.3. The van der Waals surface area contributed by atoms with Gasteiger partial charge in [0.15, 0.2) is 0 Å². The summed E-state index contributed by atoms with van der Waals surface area (Å²) in [7, 11) is -3.14. The Kier molecular flexibility index (Phi) is 5.10. The molecule has 21 heavy (non-hydrogen) atoms. The molecule has 0 bridgehead atoms. The highest BCUT2D eigenvalue weighted by atomic mass is 32.2. The highest BCUT2D eigenvalue weighted by Crippen LogP contribution is 2.35. The van der Waals surface area contributed by atoms with Crippen LogP contribution in [0, 0.1) is 19.8 Å². The lowest BCUT2D eigenvalue weighted by molar-refractivity contribution is 0.393. The van der Waals surface area contributed by atoms with Crippen LogP contribution in [0.25, 0.3) is 0 Å². The molecule has 1 saturated heterocycles. The Labute approximate surface area is 129 Å². The molecule has 0 spiro atoms. The van der Waals surface area contributed by atoms with E-state index in [4.69, 9.17) is 0 Å². The van der Waals surface area contributed by atoms with Gasteiger partial charge >= 0.3 is 0 Å². The van der Waals surface area contributed by atoms with Crippen molar-refractivity contribution in [3.8, 4) is 0 Å². The number of rotatable bonds is 5. The van der Waals surface area contributed by atoms with Crippen LogP contribution in [-0.2, 0) is 10.0 Å². The van der Waals surface area contributed by atoms with Crippen molar-refractivity contribution >= 4 is 10.0 Å². The monoisotopic (exact) mass is 309 g/mol. The molecule has 2 rings (SSSR count). The molecule has 1 atom stereocenters. The molecule has 1 aliphatic heterocycles. The Balaban J connectivity index is 2.24. The maximum Gasteiger partial charge on any atom is 0.214 e. The van der Waals surface area contributed by atoms with E-state index in [-0.39, 0.29) is 11.8 Å². The van der Waals surface area contributed by atoms with Crippen LogP contribution in [0.2, 0.25) is 0 Å². The summed E-state index contributed by atoms with van der Waals surface area (Å²) < 4.78 is 27.0. The Morgan fingerprint density at radius 2 is 1.81 bits per heavy atom. The molecular formula is C17H27NO2S. The highest BCUT2D eigenvalue weighted by Gasteiger charge is 2.34. The van der Waals surface area contributed by atoms with Crippen molar-refractivity contribution in [1.29, 1.82) is 0 Å². The summed E-state index contributed by atoms with van der Waals surface area (Å²) in [5.74, 6) is 0.688. The third-order valence-corrected chi connectivity index (χ3v) is 6.05. The van der Waals surface area contributed by atoms with Crippen molar-refractivity contribution in [2.24, 2.45) is 5.92 Å². The van der Waals surface area contributed by atoms with E-state index >= 15 is 0 Å². The Hall–Kier alpha value is -0.870. The molecule has 0 aliphatic carbocycles. The second kappa shape index (κ2) is 6.49. The van der Waals surface area contributed by atoms with Gasteiger partial charge in [0.25, 0.3) is 0 Å². The Morgan fingerprint density at radius 1 is 1.19 bits per heavy atom. The lowest BCUT2D eigenvalue weighted by atomic mass is 10.0. The largest absolute Gasteiger partial charge is 0.214 e. The average molecular weight is 309 g/mol. The van der Waals surface area contributed by atoms with Gasteiger partial charge in [-0.15, -0.1) is 0 Å². The van der Waals surface area contributed by atoms with Gasteiger partial charge in [-0.1, -0.05) is 43.2 Å². The first-order valence-electron chi connectivity index (χ1n) is 7.87. The fraction of sp³-hybridized carbons (Fsp3) is 0.647. The van der Waals surface area contributed by atoms with Crippen LogP contribution >= 0.6 is 0 Å². The van der Waals surface area contributed by atoms with E-state index in [9.17, 15) is 8.42 Å². The molecular weight excluding hydrogens is 282 g/mol. The smallest absolute Gasteiger partial charge is 0.212 e. The molecule has 1 unspecified atom stereocenters. The van der Waals surface area contributed by atoms with Crippen molar-refractivity contribution in [2.45, 2.75) is 53.0 Å². The predicted octanol–water partition coefficient (Wildman–Crippen LogP) is 3.82. The average Bonchev–Trinajstić information content (AvgIpc) is 2.85. The fourth-order valence-corrected chi connectivity index (χ4v) is 5.14. The minimum absolute atomic E-state index is 0.0285. The summed E-state index contributed by atoms with van der Waals surface area (Å²) in [5.41, 5.74) is 3.56. The first kappa shape index (κ1) is 16.5. The number of aryl methyl sites for hydroxylation is 2. The fourth-order valence-electron chi connectivity index (χ4n) is 3.11. The summed E-state index contributed by atoms with van der Waals surface area (Å²) in [6.07, 6.45) is 2.63. The topological polar surface area (TPSA) is 37.4 Å². The molecule has 1 aromatic rings. The van der Waals surface area contributed by atoms with Gasteiger partial charge in [0.05, 0.1) is 5.75 Å². The number of benzene rings is 1. The van der Waals surface area contributed by atoms with Crippen molar-refractivity contribution in [2.75, 3.05) is 12.3 Å². The summed E-state index contributed by atoms with van der Waals surface area (Å²) in [6.45, 7) is 8.95. The molecule has 0 aromatic heterocycles. The summed E-state index contributed by atoms with van der Waals surface area (Å²) in [6, 6.07) is 6.43. The number of hydrogen-bond donors (Lipinski definition) is 0. The Bertz CT molecular complexity index is 573. The molecule has 118 valence electrons. The Morgan fingerprint density at radius 3 is 2.38 bits per heavy atom. The molecule has 0 N–H and O–H groups in total. The van der Waals surface area contributed by atoms with E-state index in [0.29, 0.717) is 12.5 Å². The van der Waals surface area contributed by atoms with Crippen molar-refractivity contribution in [1.82, 2.24) is 4.31 Å². The van der Waals surface area contributed by atoms with E-state index in [1.54, 1.807) is 4.31 Å². The maximum absolute atomic E-state index is 12.6. The molecule has 1 heterocycles. The molecule has 0 radical (unpaired) electrons. The summed E-state index contributed by atoms with van der Waals surface area (Å²) >= 11 is 0. The third-order valence-electron chi connectivity index (χ3n) is 4.14. The van der Waals surface area contributed by atoms with Crippen molar-refractivity contribution < 1.29 is 8.42 Å². The van der Waals surface area contributed by atoms with E-state index in [1.165, 1.54) is 11.1 Å². The predicted molar refractivity (Wildman–Crippen MR) is 87.8 cm³/mol. The van der Waals surface area contributed by atoms with Crippen LogP contribution in [0.15, 0.2) is 18.2 Å². The van der Waals surface area contributed by atoms with Gasteiger partial charge in [-0.25, -0.2) is 8.42 Å². The van der Waals surface area contributed by atoms with E-state index in [0.717, 1.165) is 24.8 Å². The van der Waals surface area contributed by atoms with Gasteiger partial charge in [-0.2, -0.15) is 4.31 Å². The number of sulfonamides is 1. The zero-order chi connectivity index (χ0) is 15.6. The summed E-state index contributed by atoms with van der Waals surface area (Å²) in [4.78, 5) is 0. The maximum atomic E-state index is 12.6. The van der Waals surface area contributed by atoms with Gasteiger partial charge in [0, 0.05) is 12.6 Å². The highest BCUT2D eigenvalue weighted by molar-refractivity contribution is 7.89. The number of nitrogens with zero attached hydrogens (tertiary/aromatic N) is 1. The standard InChI is InChI=1S/C17H27NO2S/c1-13(2)7-9-21(19,20)18-8-5-6-17(18)16-11-14(3)10-15(4)12-16/h10-13,17H,5-9H2,1-4H3. The SMILES string of the molecule is Cc1cc(C)cc(C2CCCN2S(=O)(=O)CCC(C)C)c1. The minimum atomic E-state index is -3.14. The lowest BCUT2D eigenvalue weighted by Gasteiger charge is -2.25. The molecule has 1 fully saturated rings. The van der Waals surface area contributed by atoms with Crippen LogP contribution < -0.4 is 0 Å². The van der Waals surface area contributed by atoms with Gasteiger partial charge in [0.2, 0.25) is 10.0 Å². The zero-order valence-corrected chi connectivity index (χ0v) is 14.4. The first-order chi connectivity index (χ1) is 9.79. The van der Waals surface area contributed by atoms with Gasteiger partial charge < -0.3 is 0 Å². The molecule has 4 heteroatoms. The number of hydrogen-bond acceptors (Lipinski definition) is 2. The van der Waals surface area contributed by atoms with Crippen LogP contribution in [-0.4, -0.2) is 25.0 Å². The molecule has 3 nitrogen and oxygen atoms in total. The van der Waals surface area contributed by atoms with Crippen molar-refractivity contribution in [3.63, 3.8) is 0 Å². The van der Waals surface area contributed by atoms with Crippen molar-refractivity contribution in [3.05, 3.63) is 34.9 Å². The van der Waals surface area contributed by atoms with Crippen LogP contribution in [0.1, 0.15) is 55.8 Å². The second-order valence-electron chi connectivity index (χ2n) is 6.69. The van der Waals surface area contributed by atoms with Crippen LogP contribution in [0.4, 0.5) is 0 Å². The molecule has 1 aliphatic rings. The summed E-state index contributed by atoms with van der Waals surface area (Å²) in [5, 5.41) is 0. The van der Waals surface area contributed by atoms with Gasteiger partial charge in [-0.3, -0.25) is 0 Å². The molecule has 0 saturated carbocycles. The minimum Gasteiger partial charge on any atom is -0.212 e. The first-order valence-corrected chi connectivity index (χ1v) is 9.48.